The van der Waals surface area contributed by atoms with Crippen molar-refractivity contribution in [3.8, 4) is 0 Å². The number of fused-ring (bicyclic) bond motifs is 1. The monoisotopic (exact) mass is 252 g/mol. The predicted octanol–water partition coefficient (Wildman–Crippen LogP) is 3.11. The first-order valence-corrected chi connectivity index (χ1v) is 6.36. The highest BCUT2D eigenvalue weighted by atomic mass is 16.2. The number of likely N-dealkylation sites (N-methyl/N-ethyl adjacent to an activating group) is 1. The molecule has 0 saturated carbocycles. The van der Waals surface area contributed by atoms with Crippen molar-refractivity contribution >= 4 is 23.0 Å². The molecule has 0 N–H and O–H groups in total. The maximum absolute atomic E-state index is 12.1. The fourth-order valence-electron chi connectivity index (χ4n) is 2.39. The van der Waals surface area contributed by atoms with E-state index in [0.717, 1.165) is 17.1 Å². The minimum absolute atomic E-state index is 0.110. The molecule has 0 radical (unpaired) electrons. The van der Waals surface area contributed by atoms with Crippen molar-refractivity contribution in [1.82, 2.24) is 0 Å². The molecule has 3 heteroatoms. The van der Waals surface area contributed by atoms with Crippen LogP contribution in [-0.2, 0) is 4.79 Å². The third kappa shape index (κ3) is 1.97. The molecule has 1 aliphatic rings. The Kier molecular flexibility index (Phi) is 2.75. The zero-order chi connectivity index (χ0) is 13.4. The zero-order valence-corrected chi connectivity index (χ0v) is 11.1. The molecule has 0 aliphatic carbocycles. The Labute approximate surface area is 113 Å². The lowest BCUT2D eigenvalue weighted by Gasteiger charge is -2.35. The van der Waals surface area contributed by atoms with Crippen LogP contribution >= 0.6 is 0 Å². The molecule has 3 nitrogen and oxygen atoms in total. The number of carbonyl (C=O) groups is 1. The van der Waals surface area contributed by atoms with E-state index in [2.05, 4.69) is 42.2 Å². The van der Waals surface area contributed by atoms with Gasteiger partial charge in [-0.2, -0.15) is 0 Å². The van der Waals surface area contributed by atoms with Gasteiger partial charge in [-0.1, -0.05) is 29.8 Å². The molecule has 0 bridgehead atoms. The second-order valence-corrected chi connectivity index (χ2v) is 4.86. The first-order chi connectivity index (χ1) is 9.16. The molecule has 2 aromatic carbocycles. The van der Waals surface area contributed by atoms with E-state index < -0.39 is 0 Å². The van der Waals surface area contributed by atoms with Gasteiger partial charge in [0, 0.05) is 12.7 Å². The van der Waals surface area contributed by atoms with Gasteiger partial charge in [0.05, 0.1) is 11.4 Å². The highest BCUT2D eigenvalue weighted by Crippen LogP contribution is 2.37. The van der Waals surface area contributed by atoms with Crippen molar-refractivity contribution in [3.63, 3.8) is 0 Å². The van der Waals surface area contributed by atoms with Gasteiger partial charge in [-0.3, -0.25) is 4.79 Å². The second kappa shape index (κ2) is 4.43. The Bertz CT molecular complexity index is 619. The van der Waals surface area contributed by atoms with E-state index >= 15 is 0 Å². The van der Waals surface area contributed by atoms with Crippen LogP contribution < -0.4 is 9.80 Å². The zero-order valence-electron chi connectivity index (χ0n) is 11.1. The van der Waals surface area contributed by atoms with Gasteiger partial charge >= 0.3 is 0 Å². The maximum Gasteiger partial charge on any atom is 0.246 e. The van der Waals surface area contributed by atoms with Crippen molar-refractivity contribution < 1.29 is 4.79 Å². The lowest BCUT2D eigenvalue weighted by atomic mass is 10.1. The van der Waals surface area contributed by atoms with Crippen LogP contribution in [0.15, 0.2) is 48.5 Å². The molecular formula is C16H16N2O. The normalized spacial score (nSPS) is 14.5. The molecule has 19 heavy (non-hydrogen) atoms. The topological polar surface area (TPSA) is 23.6 Å². The van der Waals surface area contributed by atoms with Gasteiger partial charge in [-0.05, 0) is 31.2 Å². The second-order valence-electron chi connectivity index (χ2n) is 4.86. The minimum atomic E-state index is 0.110. The van der Waals surface area contributed by atoms with E-state index in [0.29, 0.717) is 6.54 Å². The fourth-order valence-corrected chi connectivity index (χ4v) is 2.39. The Morgan fingerprint density at radius 3 is 2.26 bits per heavy atom. The number of rotatable bonds is 1. The predicted molar refractivity (Wildman–Crippen MR) is 78.0 cm³/mol. The summed E-state index contributed by atoms with van der Waals surface area (Å²) in [6.07, 6.45) is 0. The Balaban J connectivity index is 2.10. The standard InChI is InChI=1S/C16H16N2O/c1-12-7-9-13(10-8-12)18-11-16(19)17(2)14-5-3-4-6-15(14)18/h3-10H,11H2,1-2H3. The fraction of sp³-hybridized carbons (Fsp3) is 0.188. The van der Waals surface area contributed by atoms with Crippen molar-refractivity contribution in [2.75, 3.05) is 23.4 Å². The van der Waals surface area contributed by atoms with E-state index in [-0.39, 0.29) is 5.91 Å². The molecular weight excluding hydrogens is 236 g/mol. The van der Waals surface area contributed by atoms with E-state index in [4.69, 9.17) is 0 Å². The summed E-state index contributed by atoms with van der Waals surface area (Å²) < 4.78 is 0. The first-order valence-electron chi connectivity index (χ1n) is 6.36. The lowest BCUT2D eigenvalue weighted by molar-refractivity contribution is -0.117. The van der Waals surface area contributed by atoms with Crippen molar-refractivity contribution in [2.24, 2.45) is 0 Å². The number of amides is 1. The van der Waals surface area contributed by atoms with Crippen LogP contribution in [0.5, 0.6) is 0 Å². The van der Waals surface area contributed by atoms with E-state index in [1.807, 2.05) is 25.2 Å². The summed E-state index contributed by atoms with van der Waals surface area (Å²) in [5.74, 6) is 0.110. The van der Waals surface area contributed by atoms with Crippen LogP contribution in [-0.4, -0.2) is 19.5 Å². The number of benzene rings is 2. The molecule has 0 atom stereocenters. The molecule has 0 spiro atoms. The molecule has 0 fully saturated rings. The summed E-state index contributed by atoms with van der Waals surface area (Å²) >= 11 is 0. The number of hydrogen-bond acceptors (Lipinski definition) is 2. The SMILES string of the molecule is Cc1ccc(N2CC(=O)N(C)c3ccccc32)cc1. The molecule has 3 rings (SSSR count). The molecule has 0 saturated heterocycles. The summed E-state index contributed by atoms with van der Waals surface area (Å²) in [4.78, 5) is 15.9. The average molecular weight is 252 g/mol. The highest BCUT2D eigenvalue weighted by molar-refractivity contribution is 6.04. The number of hydrogen-bond donors (Lipinski definition) is 0. The van der Waals surface area contributed by atoms with Crippen LogP contribution in [0.2, 0.25) is 0 Å². The van der Waals surface area contributed by atoms with Crippen LogP contribution in [0.4, 0.5) is 17.1 Å². The van der Waals surface area contributed by atoms with Crippen molar-refractivity contribution in [1.29, 1.82) is 0 Å². The highest BCUT2D eigenvalue weighted by Gasteiger charge is 2.26. The van der Waals surface area contributed by atoms with Gasteiger partial charge < -0.3 is 9.80 Å². The Morgan fingerprint density at radius 1 is 0.947 bits per heavy atom. The van der Waals surface area contributed by atoms with Crippen LogP contribution in [0.1, 0.15) is 5.56 Å². The molecule has 0 unspecified atom stereocenters. The largest absolute Gasteiger partial charge is 0.330 e. The molecule has 96 valence electrons. The van der Waals surface area contributed by atoms with Crippen molar-refractivity contribution in [3.05, 3.63) is 54.1 Å². The molecule has 0 aromatic heterocycles. The molecule has 1 amide bonds. The number of carbonyl (C=O) groups excluding carboxylic acids is 1. The lowest BCUT2D eigenvalue weighted by Crippen LogP contribution is -2.41. The van der Waals surface area contributed by atoms with Gasteiger partial charge in [-0.15, -0.1) is 0 Å². The summed E-state index contributed by atoms with van der Waals surface area (Å²) in [6.45, 7) is 2.45. The molecule has 2 aromatic rings. The number of aryl methyl sites for hydroxylation is 1. The van der Waals surface area contributed by atoms with E-state index in [1.54, 1.807) is 4.90 Å². The van der Waals surface area contributed by atoms with Crippen LogP contribution in [0.3, 0.4) is 0 Å². The summed E-state index contributed by atoms with van der Waals surface area (Å²) in [6, 6.07) is 16.3. The molecule has 1 heterocycles. The van der Waals surface area contributed by atoms with E-state index in [9.17, 15) is 4.79 Å². The number of nitrogens with zero attached hydrogens (tertiary/aromatic N) is 2. The quantitative estimate of drug-likeness (QED) is 0.778. The van der Waals surface area contributed by atoms with Gasteiger partial charge in [0.15, 0.2) is 0 Å². The Morgan fingerprint density at radius 2 is 1.58 bits per heavy atom. The smallest absolute Gasteiger partial charge is 0.246 e. The van der Waals surface area contributed by atoms with Crippen LogP contribution in [0.25, 0.3) is 0 Å². The number of para-hydroxylation sites is 2. The first kappa shape index (κ1) is 11.8. The maximum atomic E-state index is 12.1. The van der Waals surface area contributed by atoms with Crippen molar-refractivity contribution in [2.45, 2.75) is 6.92 Å². The van der Waals surface area contributed by atoms with Gasteiger partial charge in [0.2, 0.25) is 5.91 Å². The van der Waals surface area contributed by atoms with Gasteiger partial charge in [0.1, 0.15) is 6.54 Å². The average Bonchev–Trinajstić information content (AvgIpc) is 2.44. The third-order valence-corrected chi connectivity index (χ3v) is 3.55. The summed E-state index contributed by atoms with van der Waals surface area (Å²) in [5, 5.41) is 0. The third-order valence-electron chi connectivity index (χ3n) is 3.55. The molecule has 1 aliphatic heterocycles. The van der Waals surface area contributed by atoms with Gasteiger partial charge in [0.25, 0.3) is 0 Å². The number of anilines is 3. The summed E-state index contributed by atoms with van der Waals surface area (Å²) in [5.41, 5.74) is 4.31. The van der Waals surface area contributed by atoms with Crippen LogP contribution in [0, 0.1) is 6.92 Å². The van der Waals surface area contributed by atoms with E-state index in [1.165, 1.54) is 5.56 Å². The summed E-state index contributed by atoms with van der Waals surface area (Å²) in [7, 11) is 1.83. The van der Waals surface area contributed by atoms with Gasteiger partial charge in [-0.25, -0.2) is 0 Å². The minimum Gasteiger partial charge on any atom is -0.330 e. The Hall–Kier alpha value is -2.29.